The molecule has 8 aromatic carbocycles. The number of hydrogen-bond acceptors (Lipinski definition) is 2. The molecule has 4 heteroatoms. The van der Waals surface area contributed by atoms with Gasteiger partial charge >= 0.3 is 0 Å². The third-order valence-electron chi connectivity index (χ3n) is 11.6. The molecule has 11 aromatic rings. The van der Waals surface area contributed by atoms with Crippen molar-refractivity contribution in [3.8, 4) is 67.4 Å². The van der Waals surface area contributed by atoms with Crippen molar-refractivity contribution in [3.05, 3.63) is 194 Å². The van der Waals surface area contributed by atoms with E-state index in [2.05, 4.69) is 197 Å². The normalized spacial score (nSPS) is 11.9. The molecule has 0 aliphatic heterocycles. The van der Waals surface area contributed by atoms with Gasteiger partial charge in [0.2, 0.25) is 0 Å². The Morgan fingerprint density at radius 1 is 0.339 bits per heavy atom. The molecule has 0 bridgehead atoms. The first-order valence-corrected chi connectivity index (χ1v) is 19.1. The number of fused-ring (bicyclic) bond motifs is 15. The molecule has 260 valence electrons. The van der Waals surface area contributed by atoms with Crippen LogP contribution in [0.3, 0.4) is 0 Å². The highest BCUT2D eigenvalue weighted by atomic mass is 15.1. The van der Waals surface area contributed by atoms with Crippen LogP contribution in [0.2, 0.25) is 0 Å². The molecule has 0 spiro atoms. The minimum absolute atomic E-state index is 0.785. The lowest BCUT2D eigenvalue weighted by atomic mass is 9.84. The van der Waals surface area contributed by atoms with E-state index in [9.17, 15) is 0 Å². The first-order valence-electron chi connectivity index (χ1n) is 19.1. The molecule has 4 nitrogen and oxygen atoms in total. The summed E-state index contributed by atoms with van der Waals surface area (Å²) in [5.74, 6) is 0.785. The molecule has 3 aromatic heterocycles. The van der Waals surface area contributed by atoms with E-state index in [1.807, 2.05) is 6.20 Å². The number of aromatic nitrogens is 4. The zero-order valence-corrected chi connectivity index (χ0v) is 30.3. The Labute approximate surface area is 323 Å². The smallest absolute Gasteiger partial charge is 0.156 e. The summed E-state index contributed by atoms with van der Waals surface area (Å²) < 4.78 is 4.74. The fourth-order valence-corrected chi connectivity index (χ4v) is 9.13. The SMILES string of the molecule is c1ccc(-c2ccc(-n3c4ccccc4c4c3ccc3c5ccccc5n(-c5cnc6c(n5)-c5ccccc5-c5ccccc5-c5ccccc5-6)c34)cc2)cc1. The van der Waals surface area contributed by atoms with E-state index in [0.29, 0.717) is 0 Å². The molecule has 56 heavy (non-hydrogen) atoms. The summed E-state index contributed by atoms with van der Waals surface area (Å²) >= 11 is 0. The molecule has 0 unspecified atom stereocenters. The molecule has 0 fully saturated rings. The van der Waals surface area contributed by atoms with Crippen molar-refractivity contribution in [3.63, 3.8) is 0 Å². The molecule has 1 aliphatic rings. The van der Waals surface area contributed by atoms with Gasteiger partial charge in [-0.15, -0.1) is 0 Å². The van der Waals surface area contributed by atoms with Gasteiger partial charge in [-0.25, -0.2) is 4.98 Å². The molecule has 0 atom stereocenters. The third-order valence-corrected chi connectivity index (χ3v) is 11.6. The summed E-state index contributed by atoms with van der Waals surface area (Å²) in [6.45, 7) is 0. The third kappa shape index (κ3) is 4.41. The molecule has 0 amide bonds. The van der Waals surface area contributed by atoms with E-state index in [-0.39, 0.29) is 0 Å². The van der Waals surface area contributed by atoms with Crippen LogP contribution in [-0.4, -0.2) is 19.1 Å². The van der Waals surface area contributed by atoms with Gasteiger partial charge in [-0.05, 0) is 63.7 Å². The molecule has 0 radical (unpaired) electrons. The number of nitrogens with zero attached hydrogens (tertiary/aromatic N) is 4. The number of benzene rings is 8. The summed E-state index contributed by atoms with van der Waals surface area (Å²) in [4.78, 5) is 11.0. The number of para-hydroxylation sites is 2. The Kier molecular flexibility index (Phi) is 6.60. The topological polar surface area (TPSA) is 35.6 Å². The van der Waals surface area contributed by atoms with Gasteiger partial charge < -0.3 is 4.57 Å². The Hall–Kier alpha value is -7.56. The second-order valence-corrected chi connectivity index (χ2v) is 14.5. The summed E-state index contributed by atoms with van der Waals surface area (Å²) in [7, 11) is 0. The van der Waals surface area contributed by atoms with Crippen molar-refractivity contribution in [1.82, 2.24) is 19.1 Å². The van der Waals surface area contributed by atoms with Crippen molar-refractivity contribution in [2.24, 2.45) is 0 Å². The zero-order chi connectivity index (χ0) is 36.7. The fourth-order valence-electron chi connectivity index (χ4n) is 9.13. The van der Waals surface area contributed by atoms with Gasteiger partial charge in [0.15, 0.2) is 5.82 Å². The van der Waals surface area contributed by atoms with Gasteiger partial charge in [0, 0.05) is 38.4 Å². The second-order valence-electron chi connectivity index (χ2n) is 14.5. The molecule has 3 heterocycles. The average molecular weight is 713 g/mol. The van der Waals surface area contributed by atoms with E-state index in [1.165, 1.54) is 43.8 Å². The summed E-state index contributed by atoms with van der Waals surface area (Å²) in [6.07, 6.45) is 1.97. The van der Waals surface area contributed by atoms with E-state index in [4.69, 9.17) is 9.97 Å². The highest BCUT2D eigenvalue weighted by Crippen LogP contribution is 2.47. The van der Waals surface area contributed by atoms with Crippen LogP contribution in [0.4, 0.5) is 0 Å². The molecule has 12 rings (SSSR count). The van der Waals surface area contributed by atoms with Crippen molar-refractivity contribution >= 4 is 43.6 Å². The van der Waals surface area contributed by atoms with Crippen LogP contribution in [0.25, 0.3) is 111 Å². The largest absolute Gasteiger partial charge is 0.309 e. The second kappa shape index (κ2) is 12.0. The summed E-state index contributed by atoms with van der Waals surface area (Å²) in [5.41, 5.74) is 16.6. The maximum absolute atomic E-state index is 5.65. The van der Waals surface area contributed by atoms with Gasteiger partial charge in [0.05, 0.1) is 39.7 Å². The van der Waals surface area contributed by atoms with Crippen LogP contribution < -0.4 is 0 Å². The van der Waals surface area contributed by atoms with Crippen LogP contribution in [0.1, 0.15) is 0 Å². The summed E-state index contributed by atoms with van der Waals surface area (Å²) in [5, 5.41) is 4.75. The van der Waals surface area contributed by atoms with Crippen LogP contribution in [0.5, 0.6) is 0 Å². The van der Waals surface area contributed by atoms with E-state index >= 15 is 0 Å². The predicted octanol–water partition coefficient (Wildman–Crippen LogP) is 13.3. The minimum Gasteiger partial charge on any atom is -0.309 e. The summed E-state index contributed by atoms with van der Waals surface area (Å²) in [6, 6.07) is 67.4. The van der Waals surface area contributed by atoms with Crippen molar-refractivity contribution in [2.45, 2.75) is 0 Å². The van der Waals surface area contributed by atoms with Crippen molar-refractivity contribution in [1.29, 1.82) is 0 Å². The molecular weight excluding hydrogens is 681 g/mol. The Balaban J connectivity index is 1.16. The van der Waals surface area contributed by atoms with Crippen LogP contribution in [0.15, 0.2) is 194 Å². The lowest BCUT2D eigenvalue weighted by Gasteiger charge is -2.22. The van der Waals surface area contributed by atoms with E-state index in [1.54, 1.807) is 0 Å². The monoisotopic (exact) mass is 712 g/mol. The van der Waals surface area contributed by atoms with Gasteiger partial charge in [0.1, 0.15) is 0 Å². The van der Waals surface area contributed by atoms with Crippen LogP contribution in [0, 0.1) is 0 Å². The van der Waals surface area contributed by atoms with Gasteiger partial charge in [-0.1, -0.05) is 158 Å². The first kappa shape index (κ1) is 30.9. The molecule has 0 N–H and O–H groups in total. The maximum atomic E-state index is 5.65. The highest BCUT2D eigenvalue weighted by molar-refractivity contribution is 6.26. The number of hydrogen-bond donors (Lipinski definition) is 0. The first-order chi connectivity index (χ1) is 27.8. The van der Waals surface area contributed by atoms with Crippen molar-refractivity contribution < 1.29 is 0 Å². The van der Waals surface area contributed by atoms with Gasteiger partial charge in [-0.2, -0.15) is 0 Å². The Morgan fingerprint density at radius 2 is 0.857 bits per heavy atom. The highest BCUT2D eigenvalue weighted by Gasteiger charge is 2.26. The molecule has 0 saturated carbocycles. The van der Waals surface area contributed by atoms with Crippen LogP contribution >= 0.6 is 0 Å². The zero-order valence-electron chi connectivity index (χ0n) is 30.3. The van der Waals surface area contributed by atoms with E-state index in [0.717, 1.165) is 67.2 Å². The molecule has 0 saturated heterocycles. The van der Waals surface area contributed by atoms with Crippen molar-refractivity contribution in [2.75, 3.05) is 0 Å². The average Bonchev–Trinajstić information content (AvgIpc) is 3.79. The fraction of sp³-hybridized carbons (Fsp3) is 0. The van der Waals surface area contributed by atoms with Gasteiger partial charge in [0.25, 0.3) is 0 Å². The van der Waals surface area contributed by atoms with E-state index < -0.39 is 0 Å². The lowest BCUT2D eigenvalue weighted by molar-refractivity contribution is 1.05. The quantitative estimate of drug-likeness (QED) is 0.183. The predicted molar refractivity (Wildman–Crippen MR) is 231 cm³/mol. The maximum Gasteiger partial charge on any atom is 0.156 e. The molecule has 1 aliphatic carbocycles. The van der Waals surface area contributed by atoms with Gasteiger partial charge in [-0.3, -0.25) is 9.55 Å². The molecular formula is C52H32N4. The Bertz CT molecular complexity index is 3350. The minimum atomic E-state index is 0.785. The lowest BCUT2D eigenvalue weighted by Crippen LogP contribution is -2.05. The Morgan fingerprint density at radius 3 is 1.54 bits per heavy atom. The standard InChI is InChI=1S/C52H32N4/c1-2-14-33(15-3-1)34-26-28-35(29-27-34)55-46-25-13-11-23-44(46)49-47(55)31-30-43-40-20-10-12-24-45(40)56(52(43)49)48-32-53-50-41-21-8-6-18-38(41)36-16-4-5-17-37(36)39-19-7-9-22-42(39)51(50)54-48/h1-32H. The number of rotatable bonds is 3. The van der Waals surface area contributed by atoms with Crippen LogP contribution in [-0.2, 0) is 0 Å².